The van der Waals surface area contributed by atoms with Gasteiger partial charge in [-0.2, -0.15) is 0 Å². The summed E-state index contributed by atoms with van der Waals surface area (Å²) in [5.74, 6) is 0. The average Bonchev–Trinajstić information content (AvgIpc) is 2.79. The number of nitrogens with zero attached hydrogens (tertiary/aromatic N) is 3. The van der Waals surface area contributed by atoms with Gasteiger partial charge >= 0.3 is 0 Å². The fourth-order valence-corrected chi connectivity index (χ4v) is 2.05. The van der Waals surface area contributed by atoms with Gasteiger partial charge in [0.1, 0.15) is 5.51 Å². The third kappa shape index (κ3) is 3.73. The quantitative estimate of drug-likeness (QED) is 0.751. The molecule has 0 unspecified atom stereocenters. The zero-order valence-corrected chi connectivity index (χ0v) is 9.50. The molecule has 5 nitrogen and oxygen atoms in total. The number of morpholine rings is 1. The monoisotopic (exact) mass is 228 g/mol. The van der Waals surface area contributed by atoms with E-state index in [0.717, 1.165) is 50.9 Å². The number of nitrogens with one attached hydrogen (secondary N) is 1. The lowest BCUT2D eigenvalue weighted by atomic mass is 10.3. The lowest BCUT2D eigenvalue weighted by Gasteiger charge is -2.26. The summed E-state index contributed by atoms with van der Waals surface area (Å²) in [7, 11) is 0. The van der Waals surface area contributed by atoms with Crippen LogP contribution in [0, 0.1) is 0 Å². The molecular formula is C9H16N4OS. The van der Waals surface area contributed by atoms with Crippen molar-refractivity contribution in [3.8, 4) is 0 Å². The molecule has 0 spiro atoms. The number of aromatic nitrogens is 2. The SMILES string of the molecule is c1nnc(NCCCN2CCOCC2)s1. The van der Waals surface area contributed by atoms with E-state index in [1.54, 1.807) is 16.8 Å². The molecule has 0 aromatic carbocycles. The van der Waals surface area contributed by atoms with Crippen molar-refractivity contribution in [2.75, 3.05) is 44.7 Å². The van der Waals surface area contributed by atoms with E-state index in [1.807, 2.05) is 0 Å². The van der Waals surface area contributed by atoms with Crippen molar-refractivity contribution < 1.29 is 4.74 Å². The maximum Gasteiger partial charge on any atom is 0.205 e. The topological polar surface area (TPSA) is 50.3 Å². The Morgan fingerprint density at radius 1 is 1.47 bits per heavy atom. The highest BCUT2D eigenvalue weighted by Crippen LogP contribution is 2.07. The largest absolute Gasteiger partial charge is 0.379 e. The van der Waals surface area contributed by atoms with Crippen LogP contribution in [0.25, 0.3) is 0 Å². The minimum Gasteiger partial charge on any atom is -0.379 e. The molecule has 1 aliphatic heterocycles. The van der Waals surface area contributed by atoms with Crippen LogP contribution in [0.3, 0.4) is 0 Å². The van der Waals surface area contributed by atoms with Crippen molar-refractivity contribution in [2.45, 2.75) is 6.42 Å². The Labute approximate surface area is 93.5 Å². The molecule has 1 N–H and O–H groups in total. The van der Waals surface area contributed by atoms with Crippen LogP contribution in [-0.4, -0.2) is 54.5 Å². The fraction of sp³-hybridized carbons (Fsp3) is 0.778. The highest BCUT2D eigenvalue weighted by molar-refractivity contribution is 7.13. The molecule has 0 saturated carbocycles. The summed E-state index contributed by atoms with van der Waals surface area (Å²) in [4.78, 5) is 2.44. The number of hydrogen-bond donors (Lipinski definition) is 1. The minimum absolute atomic E-state index is 0.879. The highest BCUT2D eigenvalue weighted by atomic mass is 32.1. The van der Waals surface area contributed by atoms with Crippen LogP contribution >= 0.6 is 11.3 Å². The average molecular weight is 228 g/mol. The van der Waals surface area contributed by atoms with E-state index in [1.165, 1.54) is 0 Å². The highest BCUT2D eigenvalue weighted by Gasteiger charge is 2.08. The molecule has 1 fully saturated rings. The van der Waals surface area contributed by atoms with Crippen LogP contribution in [0.5, 0.6) is 0 Å². The first kappa shape index (κ1) is 10.8. The van der Waals surface area contributed by atoms with E-state index >= 15 is 0 Å². The van der Waals surface area contributed by atoms with E-state index in [4.69, 9.17) is 4.74 Å². The Hall–Kier alpha value is -0.720. The maximum atomic E-state index is 5.29. The van der Waals surface area contributed by atoms with E-state index in [-0.39, 0.29) is 0 Å². The van der Waals surface area contributed by atoms with Crippen molar-refractivity contribution in [2.24, 2.45) is 0 Å². The first-order valence-electron chi connectivity index (χ1n) is 5.25. The van der Waals surface area contributed by atoms with Gasteiger partial charge in [0.25, 0.3) is 0 Å². The molecule has 2 rings (SSSR count). The summed E-state index contributed by atoms with van der Waals surface area (Å²) in [6.07, 6.45) is 1.14. The Balaban J connectivity index is 1.54. The summed E-state index contributed by atoms with van der Waals surface area (Å²) in [6, 6.07) is 0. The Kier molecular flexibility index (Phi) is 4.31. The van der Waals surface area contributed by atoms with Gasteiger partial charge in [0.2, 0.25) is 5.13 Å². The molecule has 15 heavy (non-hydrogen) atoms. The molecule has 0 aliphatic carbocycles. The van der Waals surface area contributed by atoms with Gasteiger partial charge in [-0.1, -0.05) is 11.3 Å². The molecule has 0 amide bonds. The van der Waals surface area contributed by atoms with Crippen molar-refractivity contribution in [1.29, 1.82) is 0 Å². The number of anilines is 1. The normalized spacial score (nSPS) is 17.9. The van der Waals surface area contributed by atoms with Crippen LogP contribution in [0.1, 0.15) is 6.42 Å². The smallest absolute Gasteiger partial charge is 0.205 e. The van der Waals surface area contributed by atoms with Crippen LogP contribution in [0.2, 0.25) is 0 Å². The first-order valence-corrected chi connectivity index (χ1v) is 6.13. The standard InChI is InChI=1S/C9H16N4OS/c1(2-10-9-12-11-8-15-9)3-13-4-6-14-7-5-13/h8H,1-7H2,(H,10,12). The van der Waals surface area contributed by atoms with Crippen LogP contribution in [-0.2, 0) is 4.74 Å². The van der Waals surface area contributed by atoms with E-state index in [9.17, 15) is 0 Å². The van der Waals surface area contributed by atoms with Gasteiger partial charge in [-0.05, 0) is 13.0 Å². The molecule has 6 heteroatoms. The van der Waals surface area contributed by atoms with Gasteiger partial charge < -0.3 is 10.1 Å². The van der Waals surface area contributed by atoms with E-state index in [0.29, 0.717) is 0 Å². The van der Waals surface area contributed by atoms with E-state index < -0.39 is 0 Å². The fourth-order valence-electron chi connectivity index (χ4n) is 1.57. The minimum atomic E-state index is 0.879. The number of ether oxygens (including phenoxy) is 1. The molecule has 1 aromatic rings. The van der Waals surface area contributed by atoms with Crippen molar-refractivity contribution in [3.05, 3.63) is 5.51 Å². The molecule has 1 aliphatic rings. The van der Waals surface area contributed by atoms with Gasteiger partial charge in [0.05, 0.1) is 13.2 Å². The molecule has 1 aromatic heterocycles. The zero-order chi connectivity index (χ0) is 10.3. The van der Waals surface area contributed by atoms with Crippen molar-refractivity contribution in [1.82, 2.24) is 15.1 Å². The summed E-state index contributed by atoms with van der Waals surface area (Å²) in [5.41, 5.74) is 1.74. The molecular weight excluding hydrogens is 212 g/mol. The number of hydrogen-bond acceptors (Lipinski definition) is 6. The van der Waals surface area contributed by atoms with E-state index in [2.05, 4.69) is 20.4 Å². The summed E-state index contributed by atoms with van der Waals surface area (Å²) in [5, 5.41) is 11.9. The third-order valence-electron chi connectivity index (χ3n) is 2.39. The Bertz CT molecular complexity index is 261. The molecule has 2 heterocycles. The number of rotatable bonds is 5. The second-order valence-electron chi connectivity index (χ2n) is 3.48. The van der Waals surface area contributed by atoms with Gasteiger partial charge in [0, 0.05) is 19.6 Å². The van der Waals surface area contributed by atoms with Gasteiger partial charge in [-0.3, -0.25) is 4.90 Å². The van der Waals surface area contributed by atoms with Crippen molar-refractivity contribution >= 4 is 16.5 Å². The van der Waals surface area contributed by atoms with Gasteiger partial charge in [-0.25, -0.2) is 0 Å². The van der Waals surface area contributed by atoms with Crippen LogP contribution < -0.4 is 5.32 Å². The lowest BCUT2D eigenvalue weighted by Crippen LogP contribution is -2.37. The zero-order valence-electron chi connectivity index (χ0n) is 8.69. The summed E-state index contributed by atoms with van der Waals surface area (Å²) in [6.45, 7) is 5.99. The molecule has 84 valence electrons. The molecule has 0 radical (unpaired) electrons. The van der Waals surface area contributed by atoms with Gasteiger partial charge in [-0.15, -0.1) is 10.2 Å². The Morgan fingerprint density at radius 2 is 2.33 bits per heavy atom. The lowest BCUT2D eigenvalue weighted by molar-refractivity contribution is 0.0378. The Morgan fingerprint density at radius 3 is 3.07 bits per heavy atom. The van der Waals surface area contributed by atoms with Crippen molar-refractivity contribution in [3.63, 3.8) is 0 Å². The summed E-state index contributed by atoms with van der Waals surface area (Å²) >= 11 is 1.54. The van der Waals surface area contributed by atoms with Crippen LogP contribution in [0.15, 0.2) is 5.51 Å². The third-order valence-corrected chi connectivity index (χ3v) is 3.04. The van der Waals surface area contributed by atoms with Crippen LogP contribution in [0.4, 0.5) is 5.13 Å². The summed E-state index contributed by atoms with van der Waals surface area (Å²) < 4.78 is 5.29. The molecule has 0 atom stereocenters. The predicted molar refractivity (Wildman–Crippen MR) is 60.3 cm³/mol. The predicted octanol–water partition coefficient (Wildman–Crippen LogP) is 0.672. The second-order valence-corrected chi connectivity index (χ2v) is 4.31. The first-order chi connectivity index (χ1) is 7.45. The maximum absolute atomic E-state index is 5.29. The molecule has 0 bridgehead atoms. The van der Waals surface area contributed by atoms with Gasteiger partial charge in [0.15, 0.2) is 0 Å². The molecule has 1 saturated heterocycles. The second kappa shape index (κ2) is 5.99.